The fraction of sp³-hybridized carbons (Fsp3) is 0.625. The van der Waals surface area contributed by atoms with E-state index in [9.17, 15) is 5.11 Å². The summed E-state index contributed by atoms with van der Waals surface area (Å²) in [6, 6.07) is 8.95. The van der Waals surface area contributed by atoms with Crippen molar-refractivity contribution in [2.45, 2.75) is 58.1 Å². The molecule has 1 atom stereocenters. The molecular weight excluding hydrogens is 222 g/mol. The van der Waals surface area contributed by atoms with E-state index in [1.807, 2.05) is 19.1 Å². The van der Waals surface area contributed by atoms with Gasteiger partial charge in [-0.05, 0) is 32.8 Å². The zero-order valence-electron chi connectivity index (χ0n) is 11.6. The van der Waals surface area contributed by atoms with Crippen LogP contribution in [0.25, 0.3) is 0 Å². The molecule has 1 aromatic carbocycles. The third-order valence-electron chi connectivity index (χ3n) is 4.05. The highest BCUT2D eigenvalue weighted by Gasteiger charge is 2.22. The van der Waals surface area contributed by atoms with Crippen molar-refractivity contribution in [3.05, 3.63) is 29.8 Å². The van der Waals surface area contributed by atoms with Gasteiger partial charge in [0.05, 0.1) is 6.10 Å². The summed E-state index contributed by atoms with van der Waals surface area (Å²) in [5, 5.41) is 9.92. The summed E-state index contributed by atoms with van der Waals surface area (Å²) >= 11 is 0. The van der Waals surface area contributed by atoms with Crippen LogP contribution in [0.2, 0.25) is 0 Å². The minimum absolute atomic E-state index is 0.390. The summed E-state index contributed by atoms with van der Waals surface area (Å²) in [6.07, 6.45) is 6.27. The number of para-hydroxylation sites is 1. The first kappa shape index (κ1) is 13.4. The van der Waals surface area contributed by atoms with Crippen LogP contribution in [0, 0.1) is 0 Å². The maximum absolute atomic E-state index is 9.92. The number of nitrogens with zero attached hydrogens (tertiary/aromatic N) is 1. The molecule has 1 N–H and O–H groups in total. The highest BCUT2D eigenvalue weighted by Crippen LogP contribution is 2.32. The standard InChI is InChI=1S/C16H25NO/c1-3-17(14-9-5-4-6-10-14)16-12-8-7-11-15(16)13(2)18/h7-8,11-14,18H,3-6,9-10H2,1-2H3/t13-/m1/s1. The molecule has 0 amide bonds. The average Bonchev–Trinajstić information content (AvgIpc) is 2.41. The van der Waals surface area contributed by atoms with Crippen LogP contribution in [0.15, 0.2) is 24.3 Å². The molecule has 1 aliphatic carbocycles. The van der Waals surface area contributed by atoms with Crippen molar-refractivity contribution in [3.8, 4) is 0 Å². The van der Waals surface area contributed by atoms with Gasteiger partial charge in [-0.15, -0.1) is 0 Å². The van der Waals surface area contributed by atoms with Crippen LogP contribution in [-0.4, -0.2) is 17.7 Å². The molecule has 0 aliphatic heterocycles. The minimum atomic E-state index is -0.390. The Balaban J connectivity index is 2.26. The van der Waals surface area contributed by atoms with Crippen LogP contribution in [-0.2, 0) is 0 Å². The summed E-state index contributed by atoms with van der Waals surface area (Å²) < 4.78 is 0. The van der Waals surface area contributed by atoms with Gasteiger partial charge in [-0.2, -0.15) is 0 Å². The van der Waals surface area contributed by atoms with Crippen LogP contribution in [0.3, 0.4) is 0 Å². The largest absolute Gasteiger partial charge is 0.389 e. The van der Waals surface area contributed by atoms with E-state index in [1.54, 1.807) is 0 Å². The lowest BCUT2D eigenvalue weighted by molar-refractivity contribution is 0.199. The Morgan fingerprint density at radius 2 is 1.89 bits per heavy atom. The number of benzene rings is 1. The van der Waals surface area contributed by atoms with Crippen LogP contribution in [0.5, 0.6) is 0 Å². The average molecular weight is 247 g/mol. The first-order valence-electron chi connectivity index (χ1n) is 7.27. The molecule has 0 saturated heterocycles. The Hall–Kier alpha value is -1.02. The number of hydrogen-bond acceptors (Lipinski definition) is 2. The van der Waals surface area contributed by atoms with Crippen molar-refractivity contribution < 1.29 is 5.11 Å². The minimum Gasteiger partial charge on any atom is -0.389 e. The third-order valence-corrected chi connectivity index (χ3v) is 4.05. The lowest BCUT2D eigenvalue weighted by Gasteiger charge is -2.37. The molecule has 1 saturated carbocycles. The quantitative estimate of drug-likeness (QED) is 0.872. The Kier molecular flexibility index (Phi) is 4.65. The van der Waals surface area contributed by atoms with Crippen LogP contribution in [0.1, 0.15) is 57.6 Å². The van der Waals surface area contributed by atoms with E-state index < -0.39 is 0 Å². The molecule has 0 unspecified atom stereocenters. The molecule has 1 aromatic rings. The fourth-order valence-corrected chi connectivity index (χ4v) is 3.12. The maximum Gasteiger partial charge on any atom is 0.0781 e. The highest BCUT2D eigenvalue weighted by atomic mass is 16.3. The highest BCUT2D eigenvalue weighted by molar-refractivity contribution is 5.55. The van der Waals surface area contributed by atoms with Gasteiger partial charge in [-0.1, -0.05) is 37.5 Å². The number of rotatable bonds is 4. The normalized spacial score (nSPS) is 18.6. The van der Waals surface area contributed by atoms with Crippen molar-refractivity contribution in [3.63, 3.8) is 0 Å². The molecule has 0 heterocycles. The Bertz CT molecular complexity index is 369. The summed E-state index contributed by atoms with van der Waals surface area (Å²) in [6.45, 7) is 5.09. The predicted octanol–water partition coefficient (Wildman–Crippen LogP) is 3.90. The van der Waals surface area contributed by atoms with E-state index in [1.165, 1.54) is 37.8 Å². The zero-order chi connectivity index (χ0) is 13.0. The van der Waals surface area contributed by atoms with Gasteiger partial charge in [0, 0.05) is 23.8 Å². The predicted molar refractivity (Wildman–Crippen MR) is 77.0 cm³/mol. The molecule has 0 radical (unpaired) electrons. The van der Waals surface area contributed by atoms with Crippen molar-refractivity contribution in [2.24, 2.45) is 0 Å². The second-order valence-electron chi connectivity index (χ2n) is 5.31. The van der Waals surface area contributed by atoms with Gasteiger partial charge >= 0.3 is 0 Å². The first-order chi connectivity index (χ1) is 8.74. The van der Waals surface area contributed by atoms with E-state index in [0.717, 1.165) is 12.1 Å². The summed E-state index contributed by atoms with van der Waals surface area (Å²) in [7, 11) is 0. The smallest absolute Gasteiger partial charge is 0.0781 e. The third kappa shape index (κ3) is 2.86. The summed E-state index contributed by atoms with van der Waals surface area (Å²) in [5.41, 5.74) is 2.28. The Labute approximate surface area is 111 Å². The molecule has 100 valence electrons. The van der Waals surface area contributed by atoms with Gasteiger partial charge in [0.1, 0.15) is 0 Å². The molecule has 0 bridgehead atoms. The van der Waals surface area contributed by atoms with Gasteiger partial charge in [0.25, 0.3) is 0 Å². The molecule has 1 aliphatic rings. The van der Waals surface area contributed by atoms with Crippen molar-refractivity contribution in [1.29, 1.82) is 0 Å². The molecule has 2 rings (SSSR count). The summed E-state index contributed by atoms with van der Waals surface area (Å²) in [4.78, 5) is 2.49. The van der Waals surface area contributed by atoms with E-state index in [4.69, 9.17) is 0 Å². The van der Waals surface area contributed by atoms with E-state index in [-0.39, 0.29) is 6.10 Å². The summed E-state index contributed by atoms with van der Waals surface area (Å²) in [5.74, 6) is 0. The Morgan fingerprint density at radius 3 is 2.50 bits per heavy atom. The zero-order valence-corrected chi connectivity index (χ0v) is 11.6. The number of anilines is 1. The van der Waals surface area contributed by atoms with Crippen LogP contribution >= 0.6 is 0 Å². The number of aliphatic hydroxyl groups excluding tert-OH is 1. The molecule has 2 nitrogen and oxygen atoms in total. The van der Waals surface area contributed by atoms with Crippen molar-refractivity contribution in [1.82, 2.24) is 0 Å². The monoisotopic (exact) mass is 247 g/mol. The molecule has 18 heavy (non-hydrogen) atoms. The topological polar surface area (TPSA) is 23.5 Å². The SMILES string of the molecule is CCN(c1ccccc1[C@@H](C)O)C1CCCCC1. The van der Waals surface area contributed by atoms with Gasteiger partial charge in [0.15, 0.2) is 0 Å². The molecular formula is C16H25NO. The van der Waals surface area contributed by atoms with Crippen LogP contribution < -0.4 is 4.90 Å². The molecule has 2 heteroatoms. The van der Waals surface area contributed by atoms with E-state index >= 15 is 0 Å². The second kappa shape index (κ2) is 6.24. The van der Waals surface area contributed by atoms with Crippen molar-refractivity contribution >= 4 is 5.69 Å². The van der Waals surface area contributed by atoms with Gasteiger partial charge in [-0.3, -0.25) is 0 Å². The lowest BCUT2D eigenvalue weighted by Crippen LogP contribution is -2.37. The van der Waals surface area contributed by atoms with Gasteiger partial charge in [0.2, 0.25) is 0 Å². The van der Waals surface area contributed by atoms with Gasteiger partial charge in [-0.25, -0.2) is 0 Å². The van der Waals surface area contributed by atoms with Crippen molar-refractivity contribution in [2.75, 3.05) is 11.4 Å². The number of hydrogen-bond donors (Lipinski definition) is 1. The fourth-order valence-electron chi connectivity index (χ4n) is 3.12. The lowest BCUT2D eigenvalue weighted by atomic mass is 9.93. The van der Waals surface area contributed by atoms with E-state index in [2.05, 4.69) is 24.0 Å². The van der Waals surface area contributed by atoms with Crippen LogP contribution in [0.4, 0.5) is 5.69 Å². The first-order valence-corrected chi connectivity index (χ1v) is 7.27. The Morgan fingerprint density at radius 1 is 1.22 bits per heavy atom. The molecule has 0 aromatic heterocycles. The second-order valence-corrected chi connectivity index (χ2v) is 5.31. The molecule has 0 spiro atoms. The molecule has 1 fully saturated rings. The number of aliphatic hydroxyl groups is 1. The van der Waals surface area contributed by atoms with Gasteiger partial charge < -0.3 is 10.0 Å². The van der Waals surface area contributed by atoms with E-state index in [0.29, 0.717) is 6.04 Å². The maximum atomic E-state index is 9.92.